The van der Waals surface area contributed by atoms with E-state index >= 15 is 0 Å². The van der Waals surface area contributed by atoms with Gasteiger partial charge >= 0.3 is 6.18 Å². The fraction of sp³-hybridized carbons (Fsp3) is 0.222. The third kappa shape index (κ3) is 5.06. The second kappa shape index (κ2) is 8.51. The number of nitrogens with one attached hydrogen (secondary N) is 1. The fourth-order valence-electron chi connectivity index (χ4n) is 2.32. The van der Waals surface area contributed by atoms with Crippen LogP contribution in [0.1, 0.15) is 29.4 Å². The summed E-state index contributed by atoms with van der Waals surface area (Å²) in [4.78, 5) is 5.28. The van der Waals surface area contributed by atoms with Crippen LogP contribution in [0.4, 0.5) is 13.2 Å². The Kier molecular flexibility index (Phi) is 5.87. The van der Waals surface area contributed by atoms with Gasteiger partial charge in [-0.1, -0.05) is 34.6 Å². The number of hydrogen-bond donors (Lipinski definition) is 1. The van der Waals surface area contributed by atoms with Gasteiger partial charge in [0.15, 0.2) is 6.61 Å². The highest BCUT2D eigenvalue weighted by Crippen LogP contribution is 2.29. The van der Waals surface area contributed by atoms with Gasteiger partial charge in [-0.05, 0) is 36.8 Å². The lowest BCUT2D eigenvalue weighted by Crippen LogP contribution is -2.05. The number of aromatic amines is 1. The molecule has 0 bridgehead atoms. The predicted molar refractivity (Wildman–Crippen MR) is 93.4 cm³/mol. The van der Waals surface area contributed by atoms with Crippen LogP contribution in [0.2, 0.25) is 0 Å². The first-order valence-electron chi connectivity index (χ1n) is 8.20. The zero-order valence-corrected chi connectivity index (χ0v) is 14.8. The molecule has 3 rings (SSSR count). The molecule has 0 fully saturated rings. The highest BCUT2D eigenvalue weighted by Gasteiger charge is 2.29. The van der Waals surface area contributed by atoms with E-state index in [0.29, 0.717) is 28.4 Å². The SMILES string of the molecule is CC(=NOCc1ccc(C(F)(F)F)cc1)c1ccccc1OCc1nn[nH]n1. The minimum absolute atomic E-state index is 0.0430. The van der Waals surface area contributed by atoms with Crippen molar-refractivity contribution < 1.29 is 22.7 Å². The third-order valence-electron chi connectivity index (χ3n) is 3.74. The fourth-order valence-corrected chi connectivity index (χ4v) is 2.32. The van der Waals surface area contributed by atoms with Crippen molar-refractivity contribution in [2.24, 2.45) is 5.16 Å². The largest absolute Gasteiger partial charge is 0.485 e. The van der Waals surface area contributed by atoms with Crippen LogP contribution in [-0.2, 0) is 24.2 Å². The normalized spacial score (nSPS) is 12.1. The Bertz CT molecular complexity index is 925. The molecular weight excluding hydrogens is 375 g/mol. The number of hydrogen-bond acceptors (Lipinski definition) is 6. The van der Waals surface area contributed by atoms with Crippen LogP contribution in [0, 0.1) is 0 Å². The molecular formula is C18H16F3N5O2. The Balaban J connectivity index is 1.62. The van der Waals surface area contributed by atoms with E-state index < -0.39 is 11.7 Å². The van der Waals surface area contributed by atoms with Crippen molar-refractivity contribution in [3.8, 4) is 5.75 Å². The maximum absolute atomic E-state index is 12.6. The molecule has 0 aliphatic carbocycles. The molecule has 1 N–H and O–H groups in total. The summed E-state index contributed by atoms with van der Waals surface area (Å²) in [6.07, 6.45) is -4.36. The monoisotopic (exact) mass is 391 g/mol. The molecule has 146 valence electrons. The molecule has 0 aliphatic heterocycles. The molecule has 0 spiro atoms. The highest BCUT2D eigenvalue weighted by atomic mass is 19.4. The quantitative estimate of drug-likeness (QED) is 0.490. The summed E-state index contributed by atoms with van der Waals surface area (Å²) in [7, 11) is 0. The number of halogens is 3. The summed E-state index contributed by atoms with van der Waals surface area (Å²) >= 11 is 0. The van der Waals surface area contributed by atoms with E-state index in [1.54, 1.807) is 13.0 Å². The number of benzene rings is 2. The van der Waals surface area contributed by atoms with Crippen LogP contribution in [0.15, 0.2) is 53.7 Å². The van der Waals surface area contributed by atoms with Crippen molar-refractivity contribution in [2.75, 3.05) is 0 Å². The molecule has 10 heteroatoms. The van der Waals surface area contributed by atoms with Crippen molar-refractivity contribution in [2.45, 2.75) is 26.3 Å². The molecule has 0 radical (unpaired) electrons. The van der Waals surface area contributed by atoms with Crippen molar-refractivity contribution in [1.82, 2.24) is 20.6 Å². The summed E-state index contributed by atoms with van der Waals surface area (Å²) in [6, 6.07) is 11.9. The van der Waals surface area contributed by atoms with E-state index in [1.165, 1.54) is 12.1 Å². The van der Waals surface area contributed by atoms with Crippen LogP contribution in [0.3, 0.4) is 0 Å². The van der Waals surface area contributed by atoms with E-state index in [9.17, 15) is 13.2 Å². The molecule has 0 saturated heterocycles. The lowest BCUT2D eigenvalue weighted by molar-refractivity contribution is -0.137. The van der Waals surface area contributed by atoms with Crippen LogP contribution >= 0.6 is 0 Å². The smallest absolute Gasteiger partial charge is 0.416 e. The molecule has 2 aromatic carbocycles. The Labute approximate surface area is 158 Å². The van der Waals surface area contributed by atoms with Gasteiger partial charge < -0.3 is 9.57 Å². The molecule has 1 aromatic heterocycles. The first-order chi connectivity index (χ1) is 13.4. The van der Waals surface area contributed by atoms with Crippen molar-refractivity contribution in [3.05, 3.63) is 71.0 Å². The standard InChI is InChI=1S/C18H16F3N5O2/c1-12(24-28-10-13-6-8-14(9-7-13)18(19,20)21)15-4-2-3-5-16(15)27-11-17-22-25-26-23-17/h2-9H,10-11H2,1H3,(H,22,23,25,26). The number of nitrogens with zero attached hydrogens (tertiary/aromatic N) is 4. The summed E-state index contributed by atoms with van der Waals surface area (Å²) in [6.45, 7) is 1.91. The molecule has 28 heavy (non-hydrogen) atoms. The first-order valence-corrected chi connectivity index (χ1v) is 8.20. The topological polar surface area (TPSA) is 85.3 Å². The van der Waals surface area contributed by atoms with E-state index in [-0.39, 0.29) is 13.2 Å². The number of oxime groups is 1. The van der Waals surface area contributed by atoms with E-state index in [1.807, 2.05) is 18.2 Å². The molecule has 0 atom stereocenters. The maximum Gasteiger partial charge on any atom is 0.416 e. The molecule has 7 nitrogen and oxygen atoms in total. The maximum atomic E-state index is 12.6. The Morgan fingerprint density at radius 1 is 1.07 bits per heavy atom. The lowest BCUT2D eigenvalue weighted by atomic mass is 10.1. The van der Waals surface area contributed by atoms with Crippen LogP contribution < -0.4 is 4.74 Å². The number of tetrazole rings is 1. The van der Waals surface area contributed by atoms with Gasteiger partial charge in [-0.2, -0.15) is 18.4 Å². The molecule has 0 unspecified atom stereocenters. The Morgan fingerprint density at radius 2 is 1.82 bits per heavy atom. The summed E-state index contributed by atoms with van der Waals surface area (Å²) < 4.78 is 43.4. The number of alkyl halides is 3. The lowest BCUT2D eigenvalue weighted by Gasteiger charge is -2.10. The van der Waals surface area contributed by atoms with Gasteiger partial charge in [0, 0.05) is 5.56 Å². The van der Waals surface area contributed by atoms with Gasteiger partial charge in [0.2, 0.25) is 5.82 Å². The molecule has 1 heterocycles. The Morgan fingerprint density at radius 3 is 2.50 bits per heavy atom. The van der Waals surface area contributed by atoms with E-state index in [0.717, 1.165) is 12.1 Å². The van der Waals surface area contributed by atoms with Crippen molar-refractivity contribution in [3.63, 3.8) is 0 Å². The third-order valence-corrected chi connectivity index (χ3v) is 3.74. The number of para-hydroxylation sites is 1. The second-order valence-corrected chi connectivity index (χ2v) is 5.76. The number of ether oxygens (including phenoxy) is 1. The minimum atomic E-state index is -4.36. The average Bonchev–Trinajstić information content (AvgIpc) is 3.20. The van der Waals surface area contributed by atoms with Crippen molar-refractivity contribution in [1.29, 1.82) is 0 Å². The van der Waals surface area contributed by atoms with Gasteiger partial charge in [0.1, 0.15) is 12.4 Å². The summed E-state index contributed by atoms with van der Waals surface area (Å²) in [5.41, 5.74) is 1.13. The zero-order valence-electron chi connectivity index (χ0n) is 14.8. The molecule has 3 aromatic rings. The molecule has 0 aliphatic rings. The van der Waals surface area contributed by atoms with Gasteiger partial charge in [-0.3, -0.25) is 0 Å². The Hall–Kier alpha value is -3.43. The van der Waals surface area contributed by atoms with Gasteiger partial charge in [0.05, 0.1) is 11.3 Å². The van der Waals surface area contributed by atoms with Crippen LogP contribution in [-0.4, -0.2) is 26.3 Å². The van der Waals surface area contributed by atoms with Gasteiger partial charge in [0.25, 0.3) is 0 Å². The van der Waals surface area contributed by atoms with Crippen LogP contribution in [0.25, 0.3) is 0 Å². The van der Waals surface area contributed by atoms with Crippen molar-refractivity contribution >= 4 is 5.71 Å². The highest BCUT2D eigenvalue weighted by molar-refractivity contribution is 6.00. The van der Waals surface area contributed by atoms with E-state index in [4.69, 9.17) is 9.57 Å². The predicted octanol–water partition coefficient (Wildman–Crippen LogP) is 3.74. The summed E-state index contributed by atoms with van der Waals surface area (Å²) in [5.74, 6) is 0.967. The first kappa shape index (κ1) is 19.3. The molecule has 0 amide bonds. The zero-order chi connectivity index (χ0) is 20.0. The van der Waals surface area contributed by atoms with Gasteiger partial charge in [-0.25, -0.2) is 0 Å². The summed E-state index contributed by atoms with van der Waals surface area (Å²) in [5, 5.41) is 17.5. The number of rotatable bonds is 7. The second-order valence-electron chi connectivity index (χ2n) is 5.76. The van der Waals surface area contributed by atoms with Gasteiger partial charge in [-0.15, -0.1) is 10.2 Å². The number of aromatic nitrogens is 4. The van der Waals surface area contributed by atoms with Crippen LogP contribution in [0.5, 0.6) is 5.75 Å². The average molecular weight is 391 g/mol. The minimum Gasteiger partial charge on any atom is -0.485 e. The number of H-pyrrole nitrogens is 1. The molecule has 0 saturated carbocycles. The van der Waals surface area contributed by atoms with E-state index in [2.05, 4.69) is 25.8 Å².